The molecular formula is C89H103Cl2F3N12O29. The Morgan fingerprint density at radius 2 is 1.30 bits per heavy atom. The number of ether oxygens (including phenoxy) is 8. The molecule has 41 nitrogen and oxygen atoms in total. The van der Waals surface area contributed by atoms with Gasteiger partial charge >= 0.3 is 6.18 Å². The van der Waals surface area contributed by atoms with Crippen molar-refractivity contribution in [2.24, 2.45) is 17.4 Å². The number of hydrogen-bond donors (Lipinski definition) is 23. The maximum absolute atomic E-state index is 16.4. The summed E-state index contributed by atoms with van der Waals surface area (Å²) in [4.78, 5) is 129. The molecule has 23 atom stereocenters. The van der Waals surface area contributed by atoms with E-state index in [1.54, 1.807) is 19.9 Å². The number of carbonyl (C=O) groups is 9. The number of phenols is 3. The van der Waals surface area contributed by atoms with E-state index in [0.29, 0.717) is 11.6 Å². The van der Waals surface area contributed by atoms with Crippen LogP contribution >= 0.6 is 23.2 Å². The second kappa shape index (κ2) is 42.7. The standard InChI is InChI=1S/C88H101Cl2F3N12O28.CH2O/c1-34(2)17-50(96-5)79(120)102-65-67(111)38-12-15-54(48(89)22-38)127-56-24-40-25-57(74(56)132-86-72(116)70(114)75(59(33-106)130-86)133-85-71(115)69(113)68(112)58(129-85)32-97-31-36-9-8-10-43(18-36)98-77(118)41-19-42(88(91,92)93)26-44(20-41)105(6)7)128-55-16-13-39(23-49(55)90)73(131-61-30-87(4,95)76(117)35(3)126-61)66-84(125)104-78(119)47-27-45(107)28-53(109)62(47)46-21-37(11-14-52(46)108)63(81(122)103-66)101-82(123)64(40)100-80(121)51(29-60(94)110)99-83(65)124;1-2/h8-16,18-28,34-35,50-51,58-59,61,63-73,75-76,78,85-86,96-97,106-109,111-117,119H,17,29-33,95H2,1-7H3,(H2,94,110)(H,98,118)(H,99,124)(H,100,121)(H,101,123)(H,102,120)(H,103,122)(H,104,125);1H2/t35-,50+,51-,58+,59+,61-,63-,64+,65?,66-,67+,68-,69-,70+,71+,72+,73+,75+,76-,78-,85-,86-,87-;/m0./s1. The number of rotatable bonds is 21. The van der Waals surface area contributed by atoms with Gasteiger partial charge in [0.25, 0.3) is 5.91 Å². The number of nitrogens with zero attached hydrogens (tertiary/aromatic N) is 1. The number of hydrogen-bond acceptors (Lipinski definition) is 33. The Bertz CT molecular complexity index is 5580. The van der Waals surface area contributed by atoms with Gasteiger partial charge in [-0.2, -0.15) is 13.2 Å². The summed E-state index contributed by atoms with van der Waals surface area (Å²) in [6.07, 6.45) is -37.0. The van der Waals surface area contributed by atoms with Gasteiger partial charge in [-0.25, -0.2) is 0 Å². The highest BCUT2D eigenvalue weighted by atomic mass is 35.5. The van der Waals surface area contributed by atoms with Crippen molar-refractivity contribution in [3.63, 3.8) is 0 Å². The lowest BCUT2D eigenvalue weighted by Gasteiger charge is -2.46. The highest BCUT2D eigenvalue weighted by Gasteiger charge is 2.53. The summed E-state index contributed by atoms with van der Waals surface area (Å²) in [5.41, 5.74) is 7.72. The molecule has 11 bridgehead atoms. The molecule has 0 aromatic heterocycles. The molecule has 3 fully saturated rings. The minimum absolute atomic E-state index is 0.0631. The van der Waals surface area contributed by atoms with E-state index in [1.165, 1.54) is 76.3 Å². The number of alkyl halides is 3. The van der Waals surface area contributed by atoms with Crippen LogP contribution in [-0.4, -0.2) is 259 Å². The maximum atomic E-state index is 16.4. The topological polar surface area (TPSA) is 634 Å². The van der Waals surface area contributed by atoms with E-state index in [2.05, 4.69) is 47.9 Å². The molecule has 3 saturated heterocycles. The zero-order valence-electron chi connectivity index (χ0n) is 73.1. The summed E-state index contributed by atoms with van der Waals surface area (Å²) >= 11 is 14.5. The number of amides is 8. The first-order chi connectivity index (χ1) is 63.8. The Hall–Kier alpha value is -11.7. The Morgan fingerprint density at radius 3 is 1.93 bits per heavy atom. The first-order valence-corrected chi connectivity index (χ1v) is 42.9. The number of aliphatic hydroxyl groups excluding tert-OH is 9. The van der Waals surface area contributed by atoms with Crippen molar-refractivity contribution in [1.29, 1.82) is 0 Å². The van der Waals surface area contributed by atoms with Crippen LogP contribution in [0.3, 0.4) is 0 Å². The summed E-state index contributed by atoms with van der Waals surface area (Å²) in [7, 11) is 4.47. The number of phenolic OH excluding ortho intramolecular Hbond substituents is 3. The van der Waals surface area contributed by atoms with Crippen molar-refractivity contribution in [2.75, 3.05) is 44.5 Å². The number of anilines is 2. The van der Waals surface area contributed by atoms with Crippen LogP contribution in [0, 0.1) is 5.92 Å². The predicted octanol–water partition coefficient (Wildman–Crippen LogP) is 1.75. The van der Waals surface area contributed by atoms with Crippen molar-refractivity contribution in [3.05, 3.63) is 176 Å². The molecule has 0 radical (unpaired) electrons. The third-order valence-electron chi connectivity index (χ3n) is 23.3. The fourth-order valence-electron chi connectivity index (χ4n) is 16.3. The number of aromatic hydroxyl groups is 3. The highest BCUT2D eigenvalue weighted by Crippen LogP contribution is 2.51. The Labute approximate surface area is 777 Å². The molecule has 8 amide bonds. The molecule has 0 aliphatic carbocycles. The molecule has 8 heterocycles. The lowest BCUT2D eigenvalue weighted by molar-refractivity contribution is -0.350. The molecule has 25 N–H and O–H groups in total. The summed E-state index contributed by atoms with van der Waals surface area (Å²) < 4.78 is 92.9. The van der Waals surface area contributed by atoms with Crippen molar-refractivity contribution >= 4 is 88.6 Å². The molecular weight excluding hydrogens is 1830 g/mol. The van der Waals surface area contributed by atoms with Gasteiger partial charge in [-0.3, -0.25) is 38.4 Å². The molecule has 135 heavy (non-hydrogen) atoms. The van der Waals surface area contributed by atoms with Gasteiger partial charge < -0.3 is 168 Å². The molecule has 7 aromatic carbocycles. The Kier molecular flexibility index (Phi) is 32.3. The van der Waals surface area contributed by atoms with Crippen LogP contribution in [-0.2, 0) is 74.8 Å². The largest absolute Gasteiger partial charge is 0.508 e. The zero-order valence-corrected chi connectivity index (χ0v) is 74.6. The lowest BCUT2D eigenvalue weighted by Crippen LogP contribution is -2.65. The molecule has 0 saturated carbocycles. The van der Waals surface area contributed by atoms with Gasteiger partial charge in [0.05, 0.1) is 46.9 Å². The van der Waals surface area contributed by atoms with Crippen LogP contribution in [0.5, 0.6) is 46.0 Å². The minimum Gasteiger partial charge on any atom is -0.508 e. The van der Waals surface area contributed by atoms with Gasteiger partial charge in [0, 0.05) is 78.8 Å². The van der Waals surface area contributed by atoms with E-state index >= 15 is 24.0 Å². The number of nitrogens with two attached hydrogens (primary N) is 2. The van der Waals surface area contributed by atoms with E-state index in [-0.39, 0.29) is 65.5 Å². The number of carbonyl (C=O) groups excluding carboxylic acids is 9. The zero-order chi connectivity index (χ0) is 98.6. The van der Waals surface area contributed by atoms with E-state index in [9.17, 15) is 88.8 Å². The minimum atomic E-state index is -4.78. The van der Waals surface area contributed by atoms with Gasteiger partial charge in [0.1, 0.15) is 127 Å². The third-order valence-corrected chi connectivity index (χ3v) is 23.9. The summed E-state index contributed by atoms with van der Waals surface area (Å²) in [6, 6.07) is 10.6. The van der Waals surface area contributed by atoms with Gasteiger partial charge in [0.15, 0.2) is 30.3 Å². The monoisotopic (exact) mass is 1930 g/mol. The Morgan fingerprint density at radius 1 is 0.674 bits per heavy atom. The smallest absolute Gasteiger partial charge is 0.416 e. The third kappa shape index (κ3) is 23.2. The normalized spacial score (nSPS) is 28.4. The van der Waals surface area contributed by atoms with Crippen molar-refractivity contribution in [1.82, 2.24) is 42.5 Å². The molecule has 7 aromatic rings. The van der Waals surface area contributed by atoms with E-state index in [0.717, 1.165) is 72.8 Å². The summed E-state index contributed by atoms with van der Waals surface area (Å²) in [6.45, 7) is 6.96. The predicted molar refractivity (Wildman–Crippen MR) is 468 cm³/mol. The second-order valence-electron chi connectivity index (χ2n) is 33.9. The number of primary amides is 1. The number of halogens is 5. The maximum Gasteiger partial charge on any atom is 0.416 e. The molecule has 1 unspecified atom stereocenters. The second-order valence-corrected chi connectivity index (χ2v) is 34.7. The van der Waals surface area contributed by atoms with Crippen LogP contribution in [0.4, 0.5) is 24.5 Å². The van der Waals surface area contributed by atoms with Crippen molar-refractivity contribution < 1.29 is 155 Å². The quantitative estimate of drug-likeness (QED) is 0.0487. The molecule has 46 heteroatoms. The molecule has 8 aliphatic rings. The van der Waals surface area contributed by atoms with Crippen LogP contribution in [0.1, 0.15) is 127 Å². The fourth-order valence-corrected chi connectivity index (χ4v) is 16.7. The van der Waals surface area contributed by atoms with Crippen molar-refractivity contribution in [3.8, 4) is 57.1 Å². The molecule has 8 aliphatic heterocycles. The van der Waals surface area contributed by atoms with Gasteiger partial charge in [0.2, 0.25) is 53.4 Å². The number of likely N-dealkylation sites (N-methyl/N-ethyl adjacent to an activating group) is 1. The molecule has 728 valence electrons. The van der Waals surface area contributed by atoms with Crippen LogP contribution < -0.4 is 78.4 Å². The van der Waals surface area contributed by atoms with Gasteiger partial charge in [-0.1, -0.05) is 67.4 Å². The van der Waals surface area contributed by atoms with E-state index in [1.807, 2.05) is 6.79 Å². The number of nitrogens with one attached hydrogen (secondary N) is 9. The first kappa shape index (κ1) is 102. The number of benzene rings is 7. The van der Waals surface area contributed by atoms with Crippen LogP contribution in [0.2, 0.25) is 10.0 Å². The fraction of sp³-hybridized carbons (Fsp3) is 0.427. The van der Waals surface area contributed by atoms with E-state index in [4.69, 9.17) is 77.4 Å². The SMILES string of the molecule is C=O.CN[C@H](CC(C)C)C(=O)NC1C(=O)N[C@@H](CC(N)=O)C(=O)N[C@H]2C(=O)N[C@@H]3C(=O)N[C@H](C(=O)N[C@@H](O)c4cc(O)cc(O)c4-c4cc3ccc4O)[C@H](O[C@H]3C[C@](C)(N)[C@@H](O)[C@H](C)O3)c3ccc(c(Cl)c3)Oc3cc2cc(c3O[C@@H]2O[C@H](CO)[C@@H](O[C@@H]3O[C@H](CNCc4cccc(NC(=O)c5cc(N(C)C)cc(C(F)(F)F)c5)c4)[C@H](O)[C@H](O)[C@H]3O)[C@H](O)[C@H]2O)Oc2ccc(cc2Cl)[C@H]1O. The van der Waals surface area contributed by atoms with Crippen molar-refractivity contribution in [2.45, 2.75) is 200 Å². The highest BCUT2D eigenvalue weighted by molar-refractivity contribution is 6.32. The summed E-state index contributed by atoms with van der Waals surface area (Å²) in [5.74, 6) is -15.5. The summed E-state index contributed by atoms with van der Waals surface area (Å²) in [5, 5.41) is 163. The van der Waals surface area contributed by atoms with E-state index < -0.39 is 290 Å². The van der Waals surface area contributed by atoms with Gasteiger partial charge in [-0.05, 0) is 146 Å². The van der Waals surface area contributed by atoms with Crippen LogP contribution in [0.25, 0.3) is 11.1 Å². The molecule has 15 rings (SSSR count). The Balaban J connectivity index is 0.00000814. The number of fused-ring (bicyclic) bond motifs is 15. The number of aliphatic hydroxyl groups is 9. The average molecular weight is 1930 g/mol. The van der Waals surface area contributed by atoms with Crippen LogP contribution in [0.15, 0.2) is 121 Å². The lowest BCUT2D eigenvalue weighted by atomic mass is 9.86. The molecule has 0 spiro atoms. The van der Waals surface area contributed by atoms with Gasteiger partial charge in [-0.15, -0.1) is 0 Å². The average Bonchev–Trinajstić information content (AvgIpc) is 0.763. The first-order valence-electron chi connectivity index (χ1n) is 42.2.